The topological polar surface area (TPSA) is 3.24 Å². The lowest BCUT2D eigenvalue weighted by Gasteiger charge is -2.20. The van der Waals surface area contributed by atoms with Gasteiger partial charge in [0.05, 0.1) is 0 Å². The lowest BCUT2D eigenvalue weighted by Crippen LogP contribution is -2.09. The Hall–Kier alpha value is -1.76. The van der Waals surface area contributed by atoms with Gasteiger partial charge in [0.25, 0.3) is 0 Å². The molecule has 2 rings (SSSR count). The van der Waals surface area contributed by atoms with E-state index in [0.717, 1.165) is 0 Å². The minimum atomic E-state index is 1.19. The fraction of sp³-hybridized carbons (Fsp3) is 0.429. The molecular formula is C21H29N. The van der Waals surface area contributed by atoms with Crippen molar-refractivity contribution >= 4 is 11.4 Å². The number of benzene rings is 2. The molecular weight excluding hydrogens is 266 g/mol. The standard InChI is InChI=1S/C21H29N/c1-4-6-8-18-10-14-20(15-11-18)22(3)21-16-12-19(13-17-21)9-7-5-2/h10-17H,4-9H2,1-3H3. The summed E-state index contributed by atoms with van der Waals surface area (Å²) in [6, 6.07) is 18.0. The molecule has 0 aromatic heterocycles. The third-order valence-corrected chi connectivity index (χ3v) is 4.29. The zero-order valence-corrected chi connectivity index (χ0v) is 14.3. The van der Waals surface area contributed by atoms with E-state index in [9.17, 15) is 0 Å². The van der Waals surface area contributed by atoms with Crippen LogP contribution in [-0.4, -0.2) is 7.05 Å². The summed E-state index contributed by atoms with van der Waals surface area (Å²) in [5.74, 6) is 0. The summed E-state index contributed by atoms with van der Waals surface area (Å²) in [6.07, 6.45) is 7.43. The second kappa shape index (κ2) is 8.63. The van der Waals surface area contributed by atoms with Crippen LogP contribution in [-0.2, 0) is 12.8 Å². The second-order valence-corrected chi connectivity index (χ2v) is 6.10. The van der Waals surface area contributed by atoms with Crippen LogP contribution in [0.4, 0.5) is 11.4 Å². The van der Waals surface area contributed by atoms with Gasteiger partial charge in [-0.25, -0.2) is 0 Å². The van der Waals surface area contributed by atoms with Gasteiger partial charge in [-0.1, -0.05) is 51.0 Å². The molecule has 0 aliphatic heterocycles. The summed E-state index contributed by atoms with van der Waals surface area (Å²) >= 11 is 0. The Labute approximate surface area is 136 Å². The molecule has 0 aliphatic rings. The van der Waals surface area contributed by atoms with E-state index in [0.29, 0.717) is 0 Å². The molecule has 0 saturated heterocycles. The van der Waals surface area contributed by atoms with Crippen molar-refractivity contribution in [2.24, 2.45) is 0 Å². The van der Waals surface area contributed by atoms with Crippen molar-refractivity contribution in [2.75, 3.05) is 11.9 Å². The van der Waals surface area contributed by atoms with Crippen LogP contribution in [0.2, 0.25) is 0 Å². The van der Waals surface area contributed by atoms with Gasteiger partial charge in [0.15, 0.2) is 0 Å². The molecule has 118 valence electrons. The maximum absolute atomic E-state index is 2.26. The number of hydrogen-bond acceptors (Lipinski definition) is 1. The number of rotatable bonds is 8. The van der Waals surface area contributed by atoms with Gasteiger partial charge in [0.2, 0.25) is 0 Å². The highest BCUT2D eigenvalue weighted by Crippen LogP contribution is 2.24. The maximum atomic E-state index is 2.26. The molecule has 1 heteroatoms. The van der Waals surface area contributed by atoms with Crippen molar-refractivity contribution in [3.8, 4) is 0 Å². The zero-order chi connectivity index (χ0) is 15.8. The molecule has 2 aromatic rings. The summed E-state index contributed by atoms with van der Waals surface area (Å²) in [4.78, 5) is 2.26. The second-order valence-electron chi connectivity index (χ2n) is 6.10. The first-order valence-corrected chi connectivity index (χ1v) is 8.66. The van der Waals surface area contributed by atoms with Gasteiger partial charge in [-0.05, 0) is 61.1 Å². The van der Waals surface area contributed by atoms with Crippen LogP contribution < -0.4 is 4.90 Å². The summed E-state index contributed by atoms with van der Waals surface area (Å²) in [5.41, 5.74) is 5.38. The van der Waals surface area contributed by atoms with Crippen LogP contribution in [0.1, 0.15) is 50.7 Å². The average Bonchev–Trinajstić information content (AvgIpc) is 2.58. The molecule has 0 fully saturated rings. The Morgan fingerprint density at radius 3 is 1.32 bits per heavy atom. The van der Waals surface area contributed by atoms with Crippen molar-refractivity contribution in [3.63, 3.8) is 0 Å². The van der Waals surface area contributed by atoms with Crippen LogP contribution in [0.15, 0.2) is 48.5 Å². The van der Waals surface area contributed by atoms with Gasteiger partial charge < -0.3 is 4.90 Å². The van der Waals surface area contributed by atoms with E-state index >= 15 is 0 Å². The number of unbranched alkanes of at least 4 members (excludes halogenated alkanes) is 2. The SMILES string of the molecule is CCCCc1ccc(N(C)c2ccc(CCCC)cc2)cc1. The van der Waals surface area contributed by atoms with Crippen LogP contribution in [0.3, 0.4) is 0 Å². The Bertz CT molecular complexity index is 488. The molecule has 0 N–H and O–H groups in total. The molecule has 2 aromatic carbocycles. The minimum absolute atomic E-state index is 1.19. The first kappa shape index (κ1) is 16.6. The molecule has 0 radical (unpaired) electrons. The van der Waals surface area contributed by atoms with Crippen LogP contribution >= 0.6 is 0 Å². The lowest BCUT2D eigenvalue weighted by molar-refractivity contribution is 0.795. The summed E-state index contributed by atoms with van der Waals surface area (Å²) in [5, 5.41) is 0. The number of anilines is 2. The highest BCUT2D eigenvalue weighted by molar-refractivity contribution is 5.62. The maximum Gasteiger partial charge on any atom is 0.0408 e. The molecule has 0 unspecified atom stereocenters. The molecule has 0 amide bonds. The Morgan fingerprint density at radius 2 is 1.00 bits per heavy atom. The molecule has 1 nitrogen and oxygen atoms in total. The normalized spacial score (nSPS) is 10.7. The number of nitrogens with zero attached hydrogens (tertiary/aromatic N) is 1. The first-order valence-electron chi connectivity index (χ1n) is 8.66. The molecule has 0 bridgehead atoms. The summed E-state index contributed by atoms with van der Waals surface area (Å²) in [6.45, 7) is 4.48. The quantitative estimate of drug-likeness (QED) is 0.565. The Morgan fingerprint density at radius 1 is 0.636 bits per heavy atom. The van der Waals surface area contributed by atoms with Gasteiger partial charge in [-0.15, -0.1) is 0 Å². The first-order chi connectivity index (χ1) is 10.7. The highest BCUT2D eigenvalue weighted by atomic mass is 15.1. The third kappa shape index (κ3) is 4.62. The third-order valence-electron chi connectivity index (χ3n) is 4.29. The van der Waals surface area contributed by atoms with E-state index in [1.807, 2.05) is 0 Å². The van der Waals surface area contributed by atoms with Crippen molar-refractivity contribution in [3.05, 3.63) is 59.7 Å². The van der Waals surface area contributed by atoms with Crippen molar-refractivity contribution in [2.45, 2.75) is 52.4 Å². The Kier molecular flexibility index (Phi) is 6.51. The predicted molar refractivity (Wildman–Crippen MR) is 98.2 cm³/mol. The van der Waals surface area contributed by atoms with Crippen molar-refractivity contribution in [1.82, 2.24) is 0 Å². The van der Waals surface area contributed by atoms with Gasteiger partial charge in [0, 0.05) is 18.4 Å². The predicted octanol–water partition coefficient (Wildman–Crippen LogP) is 6.14. The molecule has 0 aliphatic carbocycles. The van der Waals surface area contributed by atoms with E-state index in [2.05, 4.69) is 74.3 Å². The molecule has 22 heavy (non-hydrogen) atoms. The highest BCUT2D eigenvalue weighted by Gasteiger charge is 2.04. The Balaban J connectivity index is 2.02. The fourth-order valence-corrected chi connectivity index (χ4v) is 2.68. The summed E-state index contributed by atoms with van der Waals surface area (Å²) in [7, 11) is 2.14. The monoisotopic (exact) mass is 295 g/mol. The smallest absolute Gasteiger partial charge is 0.0408 e. The zero-order valence-electron chi connectivity index (χ0n) is 14.3. The number of aryl methyl sites for hydroxylation is 2. The van der Waals surface area contributed by atoms with Crippen LogP contribution in [0.25, 0.3) is 0 Å². The average molecular weight is 295 g/mol. The lowest BCUT2D eigenvalue weighted by atomic mass is 10.1. The van der Waals surface area contributed by atoms with Gasteiger partial charge in [-0.3, -0.25) is 0 Å². The van der Waals surface area contributed by atoms with Crippen LogP contribution in [0.5, 0.6) is 0 Å². The van der Waals surface area contributed by atoms with Crippen LogP contribution in [0, 0.1) is 0 Å². The van der Waals surface area contributed by atoms with Gasteiger partial charge in [0.1, 0.15) is 0 Å². The number of hydrogen-bond donors (Lipinski definition) is 0. The molecule has 0 saturated carbocycles. The van der Waals surface area contributed by atoms with Crippen molar-refractivity contribution in [1.29, 1.82) is 0 Å². The van der Waals surface area contributed by atoms with E-state index in [-0.39, 0.29) is 0 Å². The largest absolute Gasteiger partial charge is 0.345 e. The van der Waals surface area contributed by atoms with E-state index in [1.54, 1.807) is 0 Å². The fourth-order valence-electron chi connectivity index (χ4n) is 2.68. The van der Waals surface area contributed by atoms with Crippen molar-refractivity contribution < 1.29 is 0 Å². The van der Waals surface area contributed by atoms with E-state index in [4.69, 9.17) is 0 Å². The summed E-state index contributed by atoms with van der Waals surface area (Å²) < 4.78 is 0. The van der Waals surface area contributed by atoms with Gasteiger partial charge >= 0.3 is 0 Å². The van der Waals surface area contributed by atoms with Gasteiger partial charge in [-0.2, -0.15) is 0 Å². The molecule has 0 heterocycles. The minimum Gasteiger partial charge on any atom is -0.345 e. The molecule has 0 atom stereocenters. The van der Waals surface area contributed by atoms with E-state index in [1.165, 1.54) is 61.0 Å². The molecule has 0 spiro atoms. The van der Waals surface area contributed by atoms with E-state index < -0.39 is 0 Å².